The topological polar surface area (TPSA) is 37.9 Å². The maximum absolute atomic E-state index is 6.23. The second-order valence-electron chi connectivity index (χ2n) is 4.64. The van der Waals surface area contributed by atoms with Crippen LogP contribution >= 0.6 is 11.6 Å². The third kappa shape index (κ3) is 2.25. The van der Waals surface area contributed by atoms with Crippen molar-refractivity contribution in [3.8, 4) is 17.1 Å². The summed E-state index contributed by atoms with van der Waals surface area (Å²) in [5.74, 6) is 1.54. The smallest absolute Gasteiger partial charge is 0.138 e. The van der Waals surface area contributed by atoms with Gasteiger partial charge in [0, 0.05) is 17.7 Å². The average molecular weight is 287 g/mol. The molecule has 0 aliphatic rings. The Morgan fingerprint density at radius 3 is 2.60 bits per heavy atom. The Kier molecular flexibility index (Phi) is 3.36. The molecular formula is C16H15ClN2O. The van der Waals surface area contributed by atoms with E-state index in [1.54, 1.807) is 13.2 Å². The lowest BCUT2D eigenvalue weighted by Gasteiger charge is -1.99. The van der Waals surface area contributed by atoms with Crippen LogP contribution in [0.1, 0.15) is 12.5 Å². The highest BCUT2D eigenvalue weighted by atomic mass is 35.5. The third-order valence-electron chi connectivity index (χ3n) is 3.38. The summed E-state index contributed by atoms with van der Waals surface area (Å²) in [5, 5.41) is 0.590. The van der Waals surface area contributed by atoms with E-state index in [-0.39, 0.29) is 0 Å². The van der Waals surface area contributed by atoms with Crippen LogP contribution in [0.2, 0.25) is 5.02 Å². The molecule has 1 heterocycles. The molecule has 3 rings (SSSR count). The van der Waals surface area contributed by atoms with Crippen LogP contribution in [-0.4, -0.2) is 17.1 Å². The molecule has 0 bridgehead atoms. The summed E-state index contributed by atoms with van der Waals surface area (Å²) in [6, 6.07) is 12.0. The molecule has 102 valence electrons. The van der Waals surface area contributed by atoms with Gasteiger partial charge in [-0.25, -0.2) is 4.98 Å². The second-order valence-corrected chi connectivity index (χ2v) is 5.05. The zero-order valence-electron chi connectivity index (χ0n) is 11.4. The van der Waals surface area contributed by atoms with Crippen molar-refractivity contribution >= 4 is 22.6 Å². The summed E-state index contributed by atoms with van der Waals surface area (Å²) in [5.41, 5.74) is 4.00. The minimum absolute atomic E-state index is 0.590. The van der Waals surface area contributed by atoms with Crippen LogP contribution in [0.15, 0.2) is 36.4 Å². The number of hydrogen-bond acceptors (Lipinski definition) is 2. The van der Waals surface area contributed by atoms with Crippen molar-refractivity contribution in [2.75, 3.05) is 7.11 Å². The fraction of sp³-hybridized carbons (Fsp3) is 0.188. The first-order chi connectivity index (χ1) is 9.71. The van der Waals surface area contributed by atoms with Crippen molar-refractivity contribution in [2.24, 2.45) is 0 Å². The van der Waals surface area contributed by atoms with Gasteiger partial charge in [-0.1, -0.05) is 42.8 Å². The number of imidazole rings is 1. The second kappa shape index (κ2) is 5.17. The number of nitrogens with one attached hydrogen (secondary N) is 1. The maximum Gasteiger partial charge on any atom is 0.138 e. The number of ether oxygens (including phenoxy) is 1. The van der Waals surface area contributed by atoms with E-state index >= 15 is 0 Å². The van der Waals surface area contributed by atoms with Crippen LogP contribution in [0.4, 0.5) is 0 Å². The van der Waals surface area contributed by atoms with Gasteiger partial charge in [-0.15, -0.1) is 0 Å². The minimum Gasteiger partial charge on any atom is -0.497 e. The number of halogens is 1. The minimum atomic E-state index is 0.590. The van der Waals surface area contributed by atoms with Crippen LogP contribution in [0.5, 0.6) is 5.75 Å². The number of aromatic amines is 1. The first kappa shape index (κ1) is 13.0. The molecule has 0 radical (unpaired) electrons. The number of methoxy groups -OCH3 is 1. The van der Waals surface area contributed by atoms with Gasteiger partial charge < -0.3 is 9.72 Å². The van der Waals surface area contributed by atoms with E-state index in [1.807, 2.05) is 6.07 Å². The predicted molar refractivity (Wildman–Crippen MR) is 82.5 cm³/mol. The molecule has 2 aromatic carbocycles. The summed E-state index contributed by atoms with van der Waals surface area (Å²) < 4.78 is 5.22. The molecule has 3 nitrogen and oxygen atoms in total. The Balaban J connectivity index is 2.09. The molecule has 1 aromatic heterocycles. The Labute approximate surface area is 122 Å². The standard InChI is InChI=1S/C16H15ClN2O/c1-3-10-4-6-11(7-5-10)16-18-14-9-12(20-2)8-13(17)15(14)19-16/h4-9H,3H2,1-2H3,(H,18,19). The number of rotatable bonds is 3. The molecule has 0 aliphatic heterocycles. The van der Waals surface area contributed by atoms with E-state index in [1.165, 1.54) is 5.56 Å². The molecule has 20 heavy (non-hydrogen) atoms. The Morgan fingerprint density at radius 1 is 1.20 bits per heavy atom. The molecule has 0 unspecified atom stereocenters. The molecule has 1 N–H and O–H groups in total. The fourth-order valence-corrected chi connectivity index (χ4v) is 2.45. The molecule has 0 aliphatic carbocycles. The number of hydrogen-bond donors (Lipinski definition) is 1. The van der Waals surface area contributed by atoms with Crippen LogP contribution in [-0.2, 0) is 6.42 Å². The monoisotopic (exact) mass is 286 g/mol. The van der Waals surface area contributed by atoms with Gasteiger partial charge in [-0.2, -0.15) is 0 Å². The van der Waals surface area contributed by atoms with Crippen LogP contribution < -0.4 is 4.74 Å². The van der Waals surface area contributed by atoms with Gasteiger partial charge in [0.25, 0.3) is 0 Å². The predicted octanol–water partition coefficient (Wildman–Crippen LogP) is 4.45. The highest BCUT2D eigenvalue weighted by Gasteiger charge is 2.10. The van der Waals surface area contributed by atoms with Gasteiger partial charge in [-0.3, -0.25) is 0 Å². The number of nitrogens with zero attached hydrogens (tertiary/aromatic N) is 1. The summed E-state index contributed by atoms with van der Waals surface area (Å²) in [4.78, 5) is 7.86. The first-order valence-electron chi connectivity index (χ1n) is 6.54. The summed E-state index contributed by atoms with van der Waals surface area (Å²) >= 11 is 6.23. The zero-order chi connectivity index (χ0) is 14.1. The van der Waals surface area contributed by atoms with E-state index < -0.39 is 0 Å². The molecule has 0 spiro atoms. The lowest BCUT2D eigenvalue weighted by atomic mass is 10.1. The summed E-state index contributed by atoms with van der Waals surface area (Å²) in [6.45, 7) is 2.14. The highest BCUT2D eigenvalue weighted by Crippen LogP contribution is 2.30. The lowest BCUT2D eigenvalue weighted by Crippen LogP contribution is -1.82. The third-order valence-corrected chi connectivity index (χ3v) is 3.67. The lowest BCUT2D eigenvalue weighted by molar-refractivity contribution is 0.415. The van der Waals surface area contributed by atoms with E-state index in [9.17, 15) is 0 Å². The van der Waals surface area contributed by atoms with Crippen LogP contribution in [0.25, 0.3) is 22.4 Å². The van der Waals surface area contributed by atoms with Crippen molar-refractivity contribution in [1.29, 1.82) is 0 Å². The fourth-order valence-electron chi connectivity index (χ4n) is 2.20. The molecular weight excluding hydrogens is 272 g/mol. The number of fused-ring (bicyclic) bond motifs is 1. The van der Waals surface area contributed by atoms with Gasteiger partial charge in [0.2, 0.25) is 0 Å². The van der Waals surface area contributed by atoms with Gasteiger partial charge in [-0.05, 0) is 12.0 Å². The average Bonchev–Trinajstić information content (AvgIpc) is 2.92. The Hall–Kier alpha value is -2.00. The van der Waals surface area contributed by atoms with Gasteiger partial charge in [0.15, 0.2) is 0 Å². The van der Waals surface area contributed by atoms with Crippen molar-refractivity contribution in [2.45, 2.75) is 13.3 Å². The largest absolute Gasteiger partial charge is 0.497 e. The van der Waals surface area contributed by atoms with Gasteiger partial charge in [0.1, 0.15) is 17.1 Å². The van der Waals surface area contributed by atoms with Crippen molar-refractivity contribution in [3.63, 3.8) is 0 Å². The van der Waals surface area contributed by atoms with Crippen molar-refractivity contribution in [1.82, 2.24) is 9.97 Å². The highest BCUT2D eigenvalue weighted by molar-refractivity contribution is 6.35. The van der Waals surface area contributed by atoms with E-state index in [4.69, 9.17) is 16.3 Å². The molecule has 0 saturated heterocycles. The Morgan fingerprint density at radius 2 is 1.95 bits per heavy atom. The molecule has 0 amide bonds. The molecule has 3 aromatic rings. The molecule has 0 fully saturated rings. The van der Waals surface area contributed by atoms with Gasteiger partial charge >= 0.3 is 0 Å². The molecule has 0 saturated carbocycles. The van der Waals surface area contributed by atoms with Crippen molar-refractivity contribution < 1.29 is 4.74 Å². The number of H-pyrrole nitrogens is 1. The zero-order valence-corrected chi connectivity index (χ0v) is 12.2. The Bertz CT molecular complexity index is 747. The quantitative estimate of drug-likeness (QED) is 0.772. The number of aryl methyl sites for hydroxylation is 1. The SMILES string of the molecule is CCc1ccc(-c2nc3c(Cl)cc(OC)cc3[nH]2)cc1. The summed E-state index contributed by atoms with van der Waals surface area (Å²) in [6.07, 6.45) is 1.03. The van der Waals surface area contributed by atoms with Gasteiger partial charge in [0.05, 0.1) is 17.6 Å². The van der Waals surface area contributed by atoms with E-state index in [2.05, 4.69) is 41.2 Å². The van der Waals surface area contributed by atoms with E-state index in [0.717, 1.165) is 34.6 Å². The summed E-state index contributed by atoms with van der Waals surface area (Å²) in [7, 11) is 1.62. The van der Waals surface area contributed by atoms with Crippen molar-refractivity contribution in [3.05, 3.63) is 47.0 Å². The maximum atomic E-state index is 6.23. The molecule has 4 heteroatoms. The van der Waals surface area contributed by atoms with E-state index in [0.29, 0.717) is 5.02 Å². The number of aromatic nitrogens is 2. The first-order valence-corrected chi connectivity index (χ1v) is 6.91. The normalized spacial score (nSPS) is 10.9. The molecule has 0 atom stereocenters. The van der Waals surface area contributed by atoms with Crippen LogP contribution in [0.3, 0.4) is 0 Å². The van der Waals surface area contributed by atoms with Crippen LogP contribution in [0, 0.1) is 0 Å². The number of benzene rings is 2.